The van der Waals surface area contributed by atoms with E-state index in [1.54, 1.807) is 12.1 Å². The molecule has 2 unspecified atom stereocenters. The number of ketones is 1. The topological polar surface area (TPSA) is 20.3 Å². The molecule has 2 nitrogen and oxygen atoms in total. The van der Waals surface area contributed by atoms with Crippen LogP contribution in [-0.4, -0.2) is 29.8 Å². The van der Waals surface area contributed by atoms with Gasteiger partial charge in [-0.15, -0.1) is 0 Å². The zero-order chi connectivity index (χ0) is 19.3. The molecule has 27 heavy (non-hydrogen) atoms. The van der Waals surface area contributed by atoms with E-state index in [1.165, 1.54) is 31.4 Å². The largest absolute Gasteiger partial charge is 0.301 e. The van der Waals surface area contributed by atoms with Gasteiger partial charge in [0.05, 0.1) is 5.41 Å². The zero-order valence-corrected chi connectivity index (χ0v) is 16.5. The summed E-state index contributed by atoms with van der Waals surface area (Å²) in [5.74, 6) is -0.0714. The molecule has 0 amide bonds. The minimum atomic E-state index is -0.736. The average Bonchev–Trinajstić information content (AvgIpc) is 2.73. The second-order valence-electron chi connectivity index (χ2n) is 7.70. The second kappa shape index (κ2) is 8.79. The average molecular weight is 368 g/mol. The highest BCUT2D eigenvalue weighted by atomic mass is 19.1. The molecule has 3 heteroatoms. The zero-order valence-electron chi connectivity index (χ0n) is 16.5. The monoisotopic (exact) mass is 367 g/mol. The maximum absolute atomic E-state index is 13.6. The second-order valence-corrected chi connectivity index (χ2v) is 7.70. The molecular formula is C24H30FNO. The predicted octanol–water partition coefficient (Wildman–Crippen LogP) is 5.36. The Morgan fingerprint density at radius 3 is 2.19 bits per heavy atom. The molecule has 1 aliphatic heterocycles. The van der Waals surface area contributed by atoms with E-state index in [9.17, 15) is 9.18 Å². The van der Waals surface area contributed by atoms with Crippen LogP contribution in [0.25, 0.3) is 0 Å². The lowest BCUT2D eigenvalue weighted by atomic mass is 9.66. The summed E-state index contributed by atoms with van der Waals surface area (Å²) in [6.45, 7) is 6.34. The van der Waals surface area contributed by atoms with Crippen molar-refractivity contribution in [2.75, 3.05) is 13.1 Å². The summed E-state index contributed by atoms with van der Waals surface area (Å²) in [6, 6.07) is 16.8. The minimum Gasteiger partial charge on any atom is -0.301 e. The van der Waals surface area contributed by atoms with Crippen LogP contribution in [0.3, 0.4) is 0 Å². The van der Waals surface area contributed by atoms with Gasteiger partial charge in [0.1, 0.15) is 11.6 Å². The molecule has 0 aromatic heterocycles. The van der Waals surface area contributed by atoms with Gasteiger partial charge in [0.25, 0.3) is 0 Å². The van der Waals surface area contributed by atoms with E-state index in [2.05, 4.69) is 11.8 Å². The van der Waals surface area contributed by atoms with Gasteiger partial charge in [-0.05, 0) is 62.5 Å². The number of likely N-dealkylation sites (tertiary alicyclic amines) is 1. The number of carbonyl (C=O) groups is 1. The van der Waals surface area contributed by atoms with Crippen molar-refractivity contribution < 1.29 is 9.18 Å². The summed E-state index contributed by atoms with van der Waals surface area (Å²) >= 11 is 0. The summed E-state index contributed by atoms with van der Waals surface area (Å²) in [5, 5.41) is 0. The third-order valence-electron chi connectivity index (χ3n) is 6.02. The van der Waals surface area contributed by atoms with Crippen molar-refractivity contribution in [2.24, 2.45) is 0 Å². The molecular weight excluding hydrogens is 337 g/mol. The third-order valence-corrected chi connectivity index (χ3v) is 6.02. The van der Waals surface area contributed by atoms with Crippen LogP contribution in [0.4, 0.5) is 4.39 Å². The van der Waals surface area contributed by atoms with Gasteiger partial charge in [-0.2, -0.15) is 0 Å². The fraction of sp³-hybridized carbons (Fsp3) is 0.458. The Kier molecular flexibility index (Phi) is 6.43. The molecule has 1 heterocycles. The smallest absolute Gasteiger partial charge is 0.147 e. The van der Waals surface area contributed by atoms with Gasteiger partial charge in [0, 0.05) is 12.5 Å². The van der Waals surface area contributed by atoms with Crippen LogP contribution in [0.1, 0.15) is 57.1 Å². The molecule has 0 radical (unpaired) electrons. The molecule has 0 aliphatic carbocycles. The Balaban J connectivity index is 2.08. The highest BCUT2D eigenvalue weighted by Crippen LogP contribution is 2.40. The number of carbonyl (C=O) groups excluding carboxylic acids is 1. The lowest BCUT2D eigenvalue weighted by Crippen LogP contribution is -2.46. The van der Waals surface area contributed by atoms with Crippen LogP contribution in [0.2, 0.25) is 0 Å². The maximum atomic E-state index is 13.6. The predicted molar refractivity (Wildman–Crippen MR) is 108 cm³/mol. The first-order valence-electron chi connectivity index (χ1n) is 10.2. The molecule has 0 saturated carbocycles. The van der Waals surface area contributed by atoms with E-state index in [0.717, 1.165) is 30.6 Å². The van der Waals surface area contributed by atoms with Crippen LogP contribution in [0.15, 0.2) is 54.6 Å². The Labute approximate surface area is 162 Å². The first-order chi connectivity index (χ1) is 13.1. The summed E-state index contributed by atoms with van der Waals surface area (Å²) in [5.41, 5.74) is 1.17. The van der Waals surface area contributed by atoms with Crippen molar-refractivity contribution in [1.82, 2.24) is 4.90 Å². The Morgan fingerprint density at radius 1 is 1.00 bits per heavy atom. The van der Waals surface area contributed by atoms with E-state index < -0.39 is 5.41 Å². The summed E-state index contributed by atoms with van der Waals surface area (Å²) in [6.07, 6.45) is 4.91. The fourth-order valence-corrected chi connectivity index (χ4v) is 4.53. The lowest BCUT2D eigenvalue weighted by Gasteiger charge is -2.40. The van der Waals surface area contributed by atoms with Gasteiger partial charge in [0.2, 0.25) is 0 Å². The summed E-state index contributed by atoms with van der Waals surface area (Å²) < 4.78 is 13.6. The third kappa shape index (κ3) is 4.14. The molecule has 0 N–H and O–H groups in total. The Hall–Kier alpha value is -2.00. The fourth-order valence-electron chi connectivity index (χ4n) is 4.53. The SMILES string of the molecule is CCC(=O)C(CC(C)N1CCCCC1)(c1ccccc1)c1ccc(F)cc1. The first-order valence-corrected chi connectivity index (χ1v) is 10.2. The standard InChI is InChI=1S/C24H30FNO/c1-3-23(27)24(20-10-6-4-7-11-20,21-12-14-22(25)15-13-21)18-19(2)26-16-8-5-9-17-26/h4,6-7,10-15,19H,3,5,8-9,16-18H2,1-2H3. The molecule has 2 aromatic carbocycles. The van der Waals surface area contributed by atoms with Crippen LogP contribution >= 0.6 is 0 Å². The van der Waals surface area contributed by atoms with Gasteiger partial charge in [-0.3, -0.25) is 4.79 Å². The molecule has 2 atom stereocenters. The number of benzene rings is 2. The van der Waals surface area contributed by atoms with Crippen molar-refractivity contribution >= 4 is 5.78 Å². The number of halogens is 1. The van der Waals surface area contributed by atoms with Crippen LogP contribution in [-0.2, 0) is 10.2 Å². The molecule has 0 spiro atoms. The number of hydrogen-bond acceptors (Lipinski definition) is 2. The van der Waals surface area contributed by atoms with E-state index in [4.69, 9.17) is 0 Å². The maximum Gasteiger partial charge on any atom is 0.147 e. The quantitative estimate of drug-likeness (QED) is 0.657. The van der Waals surface area contributed by atoms with Gasteiger partial charge in [-0.25, -0.2) is 4.39 Å². The molecule has 1 saturated heterocycles. The number of rotatable bonds is 7. The van der Waals surface area contributed by atoms with Gasteiger partial charge >= 0.3 is 0 Å². The summed E-state index contributed by atoms with van der Waals surface area (Å²) in [7, 11) is 0. The Bertz CT molecular complexity index is 737. The van der Waals surface area contributed by atoms with Crippen LogP contribution in [0.5, 0.6) is 0 Å². The normalized spacial score (nSPS) is 18.6. The van der Waals surface area contributed by atoms with Gasteiger partial charge < -0.3 is 4.90 Å². The minimum absolute atomic E-state index is 0.198. The van der Waals surface area contributed by atoms with Crippen molar-refractivity contribution in [1.29, 1.82) is 0 Å². The molecule has 1 fully saturated rings. The van der Waals surface area contributed by atoms with Crippen LogP contribution < -0.4 is 0 Å². The lowest BCUT2D eigenvalue weighted by molar-refractivity contribution is -0.123. The molecule has 2 aromatic rings. The van der Waals surface area contributed by atoms with Crippen molar-refractivity contribution in [3.63, 3.8) is 0 Å². The number of nitrogens with zero attached hydrogens (tertiary/aromatic N) is 1. The van der Waals surface area contributed by atoms with E-state index in [1.807, 2.05) is 37.3 Å². The van der Waals surface area contributed by atoms with E-state index in [0.29, 0.717) is 6.42 Å². The van der Waals surface area contributed by atoms with E-state index >= 15 is 0 Å². The molecule has 3 rings (SSSR count). The van der Waals surface area contributed by atoms with Crippen LogP contribution in [0, 0.1) is 5.82 Å². The highest BCUT2D eigenvalue weighted by Gasteiger charge is 2.42. The Morgan fingerprint density at radius 2 is 1.59 bits per heavy atom. The summed E-state index contributed by atoms with van der Waals surface area (Å²) in [4.78, 5) is 15.9. The van der Waals surface area contributed by atoms with Gasteiger partial charge in [-0.1, -0.05) is 55.8 Å². The molecule has 0 bridgehead atoms. The van der Waals surface area contributed by atoms with Crippen molar-refractivity contribution in [3.8, 4) is 0 Å². The molecule has 1 aliphatic rings. The number of Topliss-reactive ketones (excluding diaryl/α,β-unsaturated/α-hetero) is 1. The van der Waals surface area contributed by atoms with E-state index in [-0.39, 0.29) is 17.6 Å². The number of hydrogen-bond donors (Lipinski definition) is 0. The molecule has 144 valence electrons. The number of piperidine rings is 1. The van der Waals surface area contributed by atoms with Crippen molar-refractivity contribution in [2.45, 2.75) is 57.4 Å². The highest BCUT2D eigenvalue weighted by molar-refractivity contribution is 5.93. The van der Waals surface area contributed by atoms with Crippen molar-refractivity contribution in [3.05, 3.63) is 71.5 Å². The first kappa shape index (κ1) is 19.8. The van der Waals surface area contributed by atoms with Gasteiger partial charge in [0.15, 0.2) is 0 Å².